The molecule has 0 spiro atoms. The molecule has 3 amide bonds. The second kappa shape index (κ2) is 7.09. The number of aromatic amines is 1. The summed E-state index contributed by atoms with van der Waals surface area (Å²) in [6, 6.07) is 6.39. The molecule has 7 nitrogen and oxygen atoms in total. The van der Waals surface area contributed by atoms with Crippen molar-refractivity contribution < 1.29 is 9.59 Å². The summed E-state index contributed by atoms with van der Waals surface area (Å²) >= 11 is 0. The third kappa shape index (κ3) is 4.64. The highest BCUT2D eigenvalue weighted by molar-refractivity contribution is 5.94. The number of urea groups is 1. The highest BCUT2D eigenvalue weighted by Gasteiger charge is 2.05. The summed E-state index contributed by atoms with van der Waals surface area (Å²) in [6.45, 7) is 0.854. The first-order valence-corrected chi connectivity index (χ1v) is 6.54. The number of nitrogens with zero attached hydrogens (tertiary/aromatic N) is 1. The largest absolute Gasteiger partial charge is 0.352 e. The summed E-state index contributed by atoms with van der Waals surface area (Å²) in [6.07, 6.45) is 4.07. The van der Waals surface area contributed by atoms with E-state index in [0.29, 0.717) is 25.1 Å². The molecule has 0 aliphatic heterocycles. The maximum Gasteiger partial charge on any atom is 0.312 e. The average molecular weight is 287 g/mol. The van der Waals surface area contributed by atoms with Crippen LogP contribution in [-0.4, -0.2) is 28.5 Å². The van der Waals surface area contributed by atoms with E-state index in [1.807, 2.05) is 0 Å². The number of hydrogen-bond donors (Lipinski definition) is 4. The van der Waals surface area contributed by atoms with Crippen molar-refractivity contribution in [2.75, 3.05) is 6.54 Å². The van der Waals surface area contributed by atoms with Gasteiger partial charge < -0.3 is 21.4 Å². The number of rotatable bonds is 6. The van der Waals surface area contributed by atoms with Crippen molar-refractivity contribution in [3.63, 3.8) is 0 Å². The summed E-state index contributed by atoms with van der Waals surface area (Å²) in [5, 5.41) is 5.31. The van der Waals surface area contributed by atoms with Crippen LogP contribution in [0.1, 0.15) is 21.7 Å². The number of hydrogen-bond acceptors (Lipinski definition) is 3. The maximum absolute atomic E-state index is 11.9. The van der Waals surface area contributed by atoms with Gasteiger partial charge in [-0.3, -0.25) is 4.79 Å². The van der Waals surface area contributed by atoms with Crippen molar-refractivity contribution in [1.82, 2.24) is 20.6 Å². The maximum atomic E-state index is 11.9. The lowest BCUT2D eigenvalue weighted by molar-refractivity contribution is 0.0954. The van der Waals surface area contributed by atoms with Crippen molar-refractivity contribution >= 4 is 11.9 Å². The molecule has 1 aromatic heterocycles. The number of H-pyrrole nitrogens is 1. The van der Waals surface area contributed by atoms with E-state index >= 15 is 0 Å². The number of carbonyl (C=O) groups is 2. The molecule has 0 unspecified atom stereocenters. The van der Waals surface area contributed by atoms with E-state index in [1.54, 1.807) is 36.7 Å². The molecule has 7 heteroatoms. The molecular formula is C14H17N5O2. The van der Waals surface area contributed by atoms with Gasteiger partial charge >= 0.3 is 6.03 Å². The van der Waals surface area contributed by atoms with Crippen LogP contribution in [0, 0.1) is 0 Å². The third-order valence-corrected chi connectivity index (χ3v) is 2.89. The predicted octanol–water partition coefficient (Wildman–Crippen LogP) is 0.550. The van der Waals surface area contributed by atoms with Crippen LogP contribution in [0.2, 0.25) is 0 Å². The van der Waals surface area contributed by atoms with Crippen molar-refractivity contribution in [2.24, 2.45) is 5.73 Å². The van der Waals surface area contributed by atoms with Gasteiger partial charge in [0.2, 0.25) is 0 Å². The van der Waals surface area contributed by atoms with Crippen LogP contribution in [0.5, 0.6) is 0 Å². The van der Waals surface area contributed by atoms with E-state index in [-0.39, 0.29) is 5.91 Å². The van der Waals surface area contributed by atoms with E-state index in [1.165, 1.54) is 0 Å². The lowest BCUT2D eigenvalue weighted by Gasteiger charge is -2.06. The van der Waals surface area contributed by atoms with Gasteiger partial charge in [-0.1, -0.05) is 12.1 Å². The lowest BCUT2D eigenvalue weighted by atomic mass is 10.1. The molecule has 2 aromatic rings. The van der Waals surface area contributed by atoms with Crippen molar-refractivity contribution in [2.45, 2.75) is 13.0 Å². The second-order valence-corrected chi connectivity index (χ2v) is 4.46. The summed E-state index contributed by atoms with van der Waals surface area (Å²) < 4.78 is 0. The number of primary amides is 1. The number of aromatic nitrogens is 2. The first-order valence-electron chi connectivity index (χ1n) is 6.54. The molecule has 5 N–H and O–H groups in total. The van der Waals surface area contributed by atoms with Crippen LogP contribution in [0.4, 0.5) is 4.79 Å². The van der Waals surface area contributed by atoms with Crippen LogP contribution in [0.25, 0.3) is 0 Å². The van der Waals surface area contributed by atoms with Crippen LogP contribution >= 0.6 is 0 Å². The molecular weight excluding hydrogens is 270 g/mol. The van der Waals surface area contributed by atoms with Crippen LogP contribution in [0.15, 0.2) is 36.7 Å². The predicted molar refractivity (Wildman–Crippen MR) is 77.5 cm³/mol. The SMILES string of the molecule is NC(=O)NCc1ccc(C(=O)NCCc2ncc[nH]2)cc1. The molecule has 0 aliphatic rings. The van der Waals surface area contributed by atoms with Crippen molar-refractivity contribution in [3.8, 4) is 0 Å². The molecule has 0 saturated heterocycles. The molecule has 2 rings (SSSR count). The molecule has 0 aliphatic carbocycles. The van der Waals surface area contributed by atoms with Crippen LogP contribution in [0.3, 0.4) is 0 Å². The standard InChI is InChI=1S/C14H17N5O2/c15-14(21)19-9-10-1-3-11(4-2-10)13(20)18-6-5-12-16-7-8-17-12/h1-4,7-8H,5-6,9H2,(H,16,17)(H,18,20)(H3,15,19,21). The summed E-state index contributed by atoms with van der Waals surface area (Å²) in [5.41, 5.74) is 6.43. The van der Waals surface area contributed by atoms with E-state index in [4.69, 9.17) is 5.73 Å². The Morgan fingerprint density at radius 3 is 2.57 bits per heavy atom. The monoisotopic (exact) mass is 287 g/mol. The number of carbonyl (C=O) groups excluding carboxylic acids is 2. The van der Waals surface area contributed by atoms with E-state index in [0.717, 1.165) is 11.4 Å². The fraction of sp³-hybridized carbons (Fsp3) is 0.214. The molecule has 1 aromatic carbocycles. The Kier molecular flexibility index (Phi) is 4.92. The van der Waals surface area contributed by atoms with E-state index in [9.17, 15) is 9.59 Å². The average Bonchev–Trinajstić information content (AvgIpc) is 2.99. The van der Waals surface area contributed by atoms with Crippen LogP contribution in [-0.2, 0) is 13.0 Å². The summed E-state index contributed by atoms with van der Waals surface area (Å²) in [7, 11) is 0. The number of imidazole rings is 1. The van der Waals surface area contributed by atoms with Gasteiger partial charge in [0.1, 0.15) is 5.82 Å². The minimum absolute atomic E-state index is 0.143. The topological polar surface area (TPSA) is 113 Å². The fourth-order valence-corrected chi connectivity index (χ4v) is 1.79. The second-order valence-electron chi connectivity index (χ2n) is 4.46. The van der Waals surface area contributed by atoms with Gasteiger partial charge in [-0.05, 0) is 17.7 Å². The van der Waals surface area contributed by atoms with Gasteiger partial charge in [-0.15, -0.1) is 0 Å². The van der Waals surface area contributed by atoms with Crippen molar-refractivity contribution in [1.29, 1.82) is 0 Å². The minimum Gasteiger partial charge on any atom is -0.352 e. The smallest absolute Gasteiger partial charge is 0.312 e. The van der Waals surface area contributed by atoms with Gasteiger partial charge in [0.25, 0.3) is 5.91 Å². The molecule has 21 heavy (non-hydrogen) atoms. The van der Waals surface area contributed by atoms with Gasteiger partial charge in [-0.2, -0.15) is 0 Å². The molecule has 0 fully saturated rings. The minimum atomic E-state index is -0.574. The number of amides is 3. The summed E-state index contributed by atoms with van der Waals surface area (Å²) in [5.74, 6) is 0.694. The molecule has 0 radical (unpaired) electrons. The first kappa shape index (κ1) is 14.6. The number of nitrogens with two attached hydrogens (primary N) is 1. The highest BCUT2D eigenvalue weighted by atomic mass is 16.2. The Labute approximate surface area is 122 Å². The van der Waals surface area contributed by atoms with Crippen molar-refractivity contribution in [3.05, 3.63) is 53.6 Å². The zero-order valence-corrected chi connectivity index (χ0v) is 11.4. The quantitative estimate of drug-likeness (QED) is 0.622. The van der Waals surface area contributed by atoms with E-state index < -0.39 is 6.03 Å². The van der Waals surface area contributed by atoms with Gasteiger partial charge in [-0.25, -0.2) is 9.78 Å². The molecule has 1 heterocycles. The fourth-order valence-electron chi connectivity index (χ4n) is 1.79. The Hall–Kier alpha value is -2.83. The third-order valence-electron chi connectivity index (χ3n) is 2.89. The molecule has 110 valence electrons. The zero-order chi connectivity index (χ0) is 15.1. The highest BCUT2D eigenvalue weighted by Crippen LogP contribution is 2.04. The Bertz CT molecular complexity index is 592. The van der Waals surface area contributed by atoms with Gasteiger partial charge in [0.15, 0.2) is 0 Å². The van der Waals surface area contributed by atoms with E-state index in [2.05, 4.69) is 20.6 Å². The first-order chi connectivity index (χ1) is 10.1. The van der Waals surface area contributed by atoms with Crippen LogP contribution < -0.4 is 16.4 Å². The van der Waals surface area contributed by atoms with Gasteiger partial charge in [0, 0.05) is 37.5 Å². The number of nitrogens with one attached hydrogen (secondary N) is 3. The molecule has 0 saturated carbocycles. The Balaban J connectivity index is 1.80. The Morgan fingerprint density at radius 1 is 1.19 bits per heavy atom. The van der Waals surface area contributed by atoms with Gasteiger partial charge in [0.05, 0.1) is 0 Å². The molecule has 0 atom stereocenters. The lowest BCUT2D eigenvalue weighted by Crippen LogP contribution is -2.28. The number of benzene rings is 1. The Morgan fingerprint density at radius 2 is 1.95 bits per heavy atom. The normalized spacial score (nSPS) is 10.1. The zero-order valence-electron chi connectivity index (χ0n) is 11.4. The summed E-state index contributed by atoms with van der Waals surface area (Å²) in [4.78, 5) is 29.6. The molecule has 0 bridgehead atoms.